The maximum Gasteiger partial charge on any atom is 0.407 e. The van der Waals surface area contributed by atoms with Crippen molar-refractivity contribution < 1.29 is 47.3 Å². The average molecular weight is 1020 g/mol. The van der Waals surface area contributed by atoms with Gasteiger partial charge in [-0.15, -0.1) is 6.42 Å². The van der Waals surface area contributed by atoms with E-state index in [9.17, 15) is 29.1 Å². The molecule has 5 saturated heterocycles. The first-order chi connectivity index (χ1) is 36.3. The lowest BCUT2D eigenvalue weighted by atomic mass is 9.94. The molecule has 17 nitrogen and oxygen atoms in total. The topological polar surface area (TPSA) is 209 Å². The number of carbonyl (C=O) groups excluding carboxylic acids is 5. The maximum absolute atomic E-state index is 17.2. The molecule has 5 aromatic rings. The summed E-state index contributed by atoms with van der Waals surface area (Å²) in [7, 11) is 0. The highest BCUT2D eigenvalue weighted by molar-refractivity contribution is 6.24. The van der Waals surface area contributed by atoms with Crippen LogP contribution in [0.5, 0.6) is 11.8 Å². The van der Waals surface area contributed by atoms with E-state index in [1.165, 1.54) is 30.5 Å². The number of amides is 5. The average Bonchev–Trinajstić information content (AvgIpc) is 4.13. The highest BCUT2D eigenvalue weighted by atomic mass is 19.1. The smallest absolute Gasteiger partial charge is 0.407 e. The summed E-state index contributed by atoms with van der Waals surface area (Å²) >= 11 is 0. The molecule has 5 fully saturated rings. The number of aromatic hydroxyl groups is 1. The number of fused-ring (bicyclic) bond motifs is 6. The molecule has 6 aliphatic rings. The number of terminal acetylenes is 1. The number of pyridine rings is 1. The minimum Gasteiger partial charge on any atom is -0.508 e. The molecular formula is C56H57F2N9O8. The van der Waals surface area contributed by atoms with Gasteiger partial charge in [-0.2, -0.15) is 9.97 Å². The molecule has 11 rings (SSSR count). The molecule has 3 aromatic carbocycles. The zero-order chi connectivity index (χ0) is 52.1. The Morgan fingerprint density at radius 1 is 0.973 bits per heavy atom. The van der Waals surface area contributed by atoms with Crippen molar-refractivity contribution in [2.24, 2.45) is 0 Å². The van der Waals surface area contributed by atoms with Crippen LogP contribution in [-0.4, -0.2) is 129 Å². The molecule has 0 spiro atoms. The summed E-state index contributed by atoms with van der Waals surface area (Å²) in [4.78, 5) is 83.3. The van der Waals surface area contributed by atoms with Crippen molar-refractivity contribution in [1.29, 1.82) is 0 Å². The van der Waals surface area contributed by atoms with Crippen molar-refractivity contribution in [3.63, 3.8) is 0 Å². The van der Waals surface area contributed by atoms with Crippen LogP contribution < -0.4 is 25.6 Å². The molecule has 2 aromatic heterocycles. The van der Waals surface area contributed by atoms with Gasteiger partial charge in [0.1, 0.15) is 47.9 Å². The van der Waals surface area contributed by atoms with Gasteiger partial charge in [0.2, 0.25) is 11.8 Å². The third-order valence-electron chi connectivity index (χ3n) is 15.9. The second kappa shape index (κ2) is 20.3. The number of piperidine rings is 1. The summed E-state index contributed by atoms with van der Waals surface area (Å²) in [6.07, 6.45) is 15.8. The lowest BCUT2D eigenvalue weighted by molar-refractivity contribution is -0.136. The van der Waals surface area contributed by atoms with E-state index >= 15 is 8.78 Å². The molecule has 8 heterocycles. The maximum atomic E-state index is 17.2. The minimum absolute atomic E-state index is 0.0184. The molecule has 5 unspecified atom stereocenters. The number of hydrogen-bond acceptors (Lipinski definition) is 14. The predicted molar refractivity (Wildman–Crippen MR) is 273 cm³/mol. The van der Waals surface area contributed by atoms with Crippen LogP contribution in [0.1, 0.15) is 109 Å². The van der Waals surface area contributed by atoms with Crippen LogP contribution in [0.15, 0.2) is 60.8 Å². The third kappa shape index (κ3) is 9.39. The predicted octanol–water partition coefficient (Wildman–Crippen LogP) is 6.61. The number of aromatic nitrogens is 3. The van der Waals surface area contributed by atoms with E-state index in [0.717, 1.165) is 73.8 Å². The van der Waals surface area contributed by atoms with Crippen molar-refractivity contribution >= 4 is 57.2 Å². The number of phenols is 1. The summed E-state index contributed by atoms with van der Waals surface area (Å²) in [6.45, 7) is 6.97. The Hall–Kier alpha value is -7.56. The lowest BCUT2D eigenvalue weighted by Crippen LogP contribution is -2.54. The molecule has 5 amide bonds. The summed E-state index contributed by atoms with van der Waals surface area (Å²) in [5.74, 6) is -0.816. The van der Waals surface area contributed by atoms with E-state index in [1.54, 1.807) is 12.1 Å². The number of nitrogens with one attached hydrogen (secondary N) is 3. The van der Waals surface area contributed by atoms with Crippen LogP contribution in [0.4, 0.5) is 19.4 Å². The van der Waals surface area contributed by atoms with Gasteiger partial charge < -0.3 is 30.1 Å². The van der Waals surface area contributed by atoms with Crippen molar-refractivity contribution in [1.82, 2.24) is 40.7 Å². The summed E-state index contributed by atoms with van der Waals surface area (Å²) in [6, 6.07) is 9.98. The zero-order valence-corrected chi connectivity index (χ0v) is 41.4. The Morgan fingerprint density at radius 2 is 1.77 bits per heavy atom. The number of anilines is 1. The molecule has 6 aliphatic heterocycles. The van der Waals surface area contributed by atoms with Crippen molar-refractivity contribution in [2.75, 3.05) is 44.3 Å². The second-order valence-electron chi connectivity index (χ2n) is 20.8. The molecule has 4 N–H and O–H groups in total. The molecule has 0 saturated carbocycles. The fourth-order valence-corrected chi connectivity index (χ4v) is 12.4. The van der Waals surface area contributed by atoms with Crippen LogP contribution >= 0.6 is 0 Å². The van der Waals surface area contributed by atoms with Gasteiger partial charge in [-0.25, -0.2) is 13.6 Å². The Morgan fingerprint density at radius 3 is 2.57 bits per heavy atom. The van der Waals surface area contributed by atoms with Gasteiger partial charge in [-0.3, -0.25) is 39.3 Å². The number of hydrogen-bond donors (Lipinski definition) is 4. The van der Waals surface area contributed by atoms with Crippen molar-refractivity contribution in [2.45, 2.75) is 113 Å². The first kappa shape index (κ1) is 49.6. The monoisotopic (exact) mass is 1020 g/mol. The second-order valence-corrected chi connectivity index (χ2v) is 20.8. The number of halogens is 2. The lowest BCUT2D eigenvalue weighted by Gasteiger charge is -2.35. The van der Waals surface area contributed by atoms with Gasteiger partial charge >= 0.3 is 12.1 Å². The SMILES string of the molecule is C#Cc1c(F)ccc2cc(O)cc(-c3ncc4c(N5CC6CCC(C5)N6)nc(OCC56CCC(COC(=O)NCCCCCCCc7cccc8c7C(=O)N(C7CCC(=O)NC7=O)C8=O)N5CC(=C)C6)nc4c3F)c12. The number of aryl methyl sites for hydroxylation is 1. The van der Waals surface area contributed by atoms with Gasteiger partial charge in [-0.05, 0) is 93.0 Å². The van der Waals surface area contributed by atoms with Gasteiger partial charge in [0.15, 0.2) is 5.82 Å². The van der Waals surface area contributed by atoms with Crippen molar-refractivity contribution in [3.05, 3.63) is 94.7 Å². The Kier molecular flexibility index (Phi) is 13.4. The molecular weight excluding hydrogens is 965 g/mol. The highest BCUT2D eigenvalue weighted by Crippen LogP contribution is 2.45. The number of piperazine rings is 1. The summed E-state index contributed by atoms with van der Waals surface area (Å²) in [5, 5.41) is 20.5. The Labute approximate surface area is 431 Å². The molecule has 388 valence electrons. The Balaban J connectivity index is 0.698. The number of unbranched alkanes of at least 4 members (excludes halogenated alkanes) is 4. The fraction of sp³-hybridized carbons (Fsp3) is 0.429. The van der Waals surface area contributed by atoms with E-state index in [4.69, 9.17) is 20.9 Å². The number of imide groups is 2. The van der Waals surface area contributed by atoms with E-state index in [-0.39, 0.29) is 89.2 Å². The van der Waals surface area contributed by atoms with E-state index in [2.05, 4.69) is 48.2 Å². The number of phenolic OH excluding ortho intramolecular Hbond substituents is 1. The zero-order valence-electron chi connectivity index (χ0n) is 41.4. The minimum atomic E-state index is -1.01. The van der Waals surface area contributed by atoms with Gasteiger partial charge in [0.25, 0.3) is 11.8 Å². The molecule has 2 bridgehead atoms. The fourth-order valence-electron chi connectivity index (χ4n) is 12.4. The van der Waals surface area contributed by atoms with E-state index in [1.807, 2.05) is 6.07 Å². The van der Waals surface area contributed by atoms with E-state index < -0.39 is 52.9 Å². The quantitative estimate of drug-likeness (QED) is 0.0355. The molecule has 19 heteroatoms. The van der Waals surface area contributed by atoms with Crippen LogP contribution in [0.2, 0.25) is 0 Å². The van der Waals surface area contributed by atoms with Gasteiger partial charge in [0, 0.05) is 67.9 Å². The number of nitrogens with zero attached hydrogens (tertiary/aromatic N) is 6. The molecule has 0 radical (unpaired) electrons. The summed E-state index contributed by atoms with van der Waals surface area (Å²) in [5.41, 5.74) is 1.73. The van der Waals surface area contributed by atoms with Gasteiger partial charge in [0.05, 0.1) is 27.6 Å². The number of alkyl carbamates (subject to hydrolysis) is 1. The highest BCUT2D eigenvalue weighted by Gasteiger charge is 2.52. The first-order valence-electron chi connectivity index (χ1n) is 25.9. The van der Waals surface area contributed by atoms with Crippen LogP contribution in [0, 0.1) is 24.0 Å². The number of benzene rings is 3. The normalized spacial score (nSPS) is 23.2. The molecule has 75 heavy (non-hydrogen) atoms. The third-order valence-corrected chi connectivity index (χ3v) is 15.9. The molecule has 5 atom stereocenters. The van der Waals surface area contributed by atoms with Crippen LogP contribution in [-0.2, 0) is 20.7 Å². The van der Waals surface area contributed by atoms with Crippen LogP contribution in [0.25, 0.3) is 32.9 Å². The summed E-state index contributed by atoms with van der Waals surface area (Å²) < 4.78 is 44.6. The van der Waals surface area contributed by atoms with Gasteiger partial charge in [-0.1, -0.05) is 55.5 Å². The van der Waals surface area contributed by atoms with E-state index in [0.29, 0.717) is 61.2 Å². The Bertz CT molecular complexity index is 3240. The molecule has 0 aliphatic carbocycles. The number of carbonyl (C=O) groups is 5. The number of ether oxygens (including phenoxy) is 2. The van der Waals surface area contributed by atoms with Crippen LogP contribution in [0.3, 0.4) is 0 Å². The number of rotatable bonds is 16. The first-order valence-corrected chi connectivity index (χ1v) is 25.9. The van der Waals surface area contributed by atoms with Crippen molar-refractivity contribution in [3.8, 4) is 35.4 Å². The standard InChI is InChI=1S/C56H57F2N9O8/c1-3-38-42(57)16-13-33-22-37(68)23-40(45(33)38)48-47(58)49-41(25-60-48)50(65-27-34-14-15-35(28-65)61-34)64-54(63-49)75-30-56-20-19-36(66(56)26-31(2)24-56)29-74-55(73)59-21-8-6-4-5-7-10-32-11-9-12-39-46(32)53(72)67(52(39)71)43-17-18-44(69)62-51(43)70/h1,9,11-13,16,22-23,25,34-36,43,61,68H,2,4-8,10,14-15,17-21,24,26-30H2,(H,59,73)(H,62,69,70). The largest absolute Gasteiger partial charge is 0.508 e.